The normalized spacial score (nSPS) is 27.9. The van der Waals surface area contributed by atoms with Crippen molar-refractivity contribution in [1.82, 2.24) is 0 Å². The molecule has 1 heterocycles. The van der Waals surface area contributed by atoms with E-state index in [1.807, 2.05) is 0 Å². The van der Waals surface area contributed by atoms with E-state index in [0.717, 1.165) is 25.0 Å². The fourth-order valence-corrected chi connectivity index (χ4v) is 3.76. The molecule has 20 heavy (non-hydrogen) atoms. The van der Waals surface area contributed by atoms with Crippen LogP contribution in [0.15, 0.2) is 24.3 Å². The van der Waals surface area contributed by atoms with E-state index in [0.29, 0.717) is 0 Å². The van der Waals surface area contributed by atoms with E-state index in [4.69, 9.17) is 9.47 Å². The lowest BCUT2D eigenvalue weighted by atomic mass is 9.77. The summed E-state index contributed by atoms with van der Waals surface area (Å²) in [6, 6.07) is 8.68. The molecule has 2 heteroatoms. The molecule has 2 atom stereocenters. The lowest BCUT2D eigenvalue weighted by molar-refractivity contribution is -0.0448. The molecule has 2 nitrogen and oxygen atoms in total. The molecule has 2 fully saturated rings. The highest BCUT2D eigenvalue weighted by Crippen LogP contribution is 2.35. The van der Waals surface area contributed by atoms with Crippen LogP contribution < -0.4 is 0 Å². The summed E-state index contributed by atoms with van der Waals surface area (Å²) >= 11 is 0. The Balaban J connectivity index is 1.70. The molecule has 1 aromatic rings. The van der Waals surface area contributed by atoms with Gasteiger partial charge in [0.15, 0.2) is 6.29 Å². The van der Waals surface area contributed by atoms with Crippen molar-refractivity contribution in [2.45, 2.75) is 51.7 Å². The van der Waals surface area contributed by atoms with E-state index in [9.17, 15) is 0 Å². The molecule has 0 amide bonds. The van der Waals surface area contributed by atoms with E-state index >= 15 is 0 Å². The van der Waals surface area contributed by atoms with Crippen molar-refractivity contribution in [2.75, 3.05) is 13.2 Å². The Morgan fingerprint density at radius 3 is 2.60 bits per heavy atom. The summed E-state index contributed by atoms with van der Waals surface area (Å²) in [5.41, 5.74) is 2.68. The average Bonchev–Trinajstić information content (AvgIpc) is 3.02. The van der Waals surface area contributed by atoms with E-state index in [-0.39, 0.29) is 6.29 Å². The zero-order chi connectivity index (χ0) is 13.8. The van der Waals surface area contributed by atoms with Crippen LogP contribution in [0.5, 0.6) is 0 Å². The summed E-state index contributed by atoms with van der Waals surface area (Å²) in [4.78, 5) is 0. The number of ether oxygens (including phenoxy) is 2. The molecule has 2 unspecified atom stereocenters. The molecule has 0 aromatic heterocycles. The first-order valence-corrected chi connectivity index (χ1v) is 8.17. The third-order valence-corrected chi connectivity index (χ3v) is 4.91. The highest BCUT2D eigenvalue weighted by Gasteiger charge is 2.25. The zero-order valence-corrected chi connectivity index (χ0v) is 12.5. The maximum atomic E-state index is 5.69. The molecule has 0 radical (unpaired) electrons. The smallest absolute Gasteiger partial charge is 0.184 e. The third-order valence-electron chi connectivity index (χ3n) is 4.91. The van der Waals surface area contributed by atoms with Crippen LogP contribution in [0.25, 0.3) is 0 Å². The van der Waals surface area contributed by atoms with Gasteiger partial charge in [0.2, 0.25) is 0 Å². The van der Waals surface area contributed by atoms with Gasteiger partial charge in [0.05, 0.1) is 13.2 Å². The fourth-order valence-electron chi connectivity index (χ4n) is 3.76. The quantitative estimate of drug-likeness (QED) is 0.805. The molecular formula is C18H26O2. The molecule has 3 rings (SSSR count). The Kier molecular flexibility index (Phi) is 4.74. The average molecular weight is 274 g/mol. The topological polar surface area (TPSA) is 18.5 Å². The first-order valence-electron chi connectivity index (χ1n) is 8.17. The highest BCUT2D eigenvalue weighted by atomic mass is 16.7. The lowest BCUT2D eigenvalue weighted by Crippen LogP contribution is -2.18. The molecule has 0 N–H and O–H groups in total. The van der Waals surface area contributed by atoms with Gasteiger partial charge in [0.25, 0.3) is 0 Å². The van der Waals surface area contributed by atoms with Crippen molar-refractivity contribution in [1.29, 1.82) is 0 Å². The molecule has 1 aliphatic carbocycles. The predicted octanol–water partition coefficient (Wildman–Crippen LogP) is 4.49. The second-order valence-electron chi connectivity index (χ2n) is 6.28. The van der Waals surface area contributed by atoms with Crippen LogP contribution in [0.1, 0.15) is 56.4 Å². The minimum Gasteiger partial charge on any atom is -0.346 e. The Labute approximate surface area is 122 Å². The van der Waals surface area contributed by atoms with Gasteiger partial charge in [-0.3, -0.25) is 0 Å². The molecule has 2 aliphatic rings. The maximum absolute atomic E-state index is 5.69. The van der Waals surface area contributed by atoms with Crippen LogP contribution in [-0.4, -0.2) is 13.2 Å². The summed E-state index contributed by atoms with van der Waals surface area (Å²) in [6.07, 6.45) is 8.03. The van der Waals surface area contributed by atoms with Gasteiger partial charge in [-0.2, -0.15) is 0 Å². The van der Waals surface area contributed by atoms with Crippen molar-refractivity contribution in [3.8, 4) is 0 Å². The van der Waals surface area contributed by atoms with Crippen molar-refractivity contribution < 1.29 is 9.47 Å². The summed E-state index contributed by atoms with van der Waals surface area (Å²) in [5, 5.41) is 0. The number of rotatable bonds is 4. The minimum atomic E-state index is -0.128. The van der Waals surface area contributed by atoms with E-state index in [1.165, 1.54) is 49.7 Å². The minimum absolute atomic E-state index is 0.128. The second kappa shape index (κ2) is 6.73. The predicted molar refractivity (Wildman–Crippen MR) is 80.5 cm³/mol. The van der Waals surface area contributed by atoms with Crippen LogP contribution >= 0.6 is 0 Å². The van der Waals surface area contributed by atoms with Crippen LogP contribution in [0.4, 0.5) is 0 Å². The first kappa shape index (κ1) is 14.1. The monoisotopic (exact) mass is 274 g/mol. The largest absolute Gasteiger partial charge is 0.346 e. The van der Waals surface area contributed by atoms with Gasteiger partial charge < -0.3 is 9.47 Å². The fraction of sp³-hybridized carbons (Fsp3) is 0.667. The molecule has 110 valence electrons. The van der Waals surface area contributed by atoms with Gasteiger partial charge in [0.1, 0.15) is 0 Å². The standard InChI is InChI=1S/C18H26O2/c1-2-14-6-5-7-15(12-14)13-16-8-3-4-9-17(16)18-19-10-11-20-18/h3-4,8-9,14-15,18H,2,5-7,10-13H2,1H3. The number of hydrogen-bond acceptors (Lipinski definition) is 2. The van der Waals surface area contributed by atoms with E-state index < -0.39 is 0 Å². The van der Waals surface area contributed by atoms with E-state index in [2.05, 4.69) is 31.2 Å². The Bertz CT molecular complexity index is 423. The summed E-state index contributed by atoms with van der Waals surface area (Å²) in [5.74, 6) is 1.79. The van der Waals surface area contributed by atoms with Crippen LogP contribution in [0.3, 0.4) is 0 Å². The first-order chi connectivity index (χ1) is 9.86. The van der Waals surface area contributed by atoms with Crippen LogP contribution in [0.2, 0.25) is 0 Å². The third kappa shape index (κ3) is 3.24. The second-order valence-corrected chi connectivity index (χ2v) is 6.28. The molecule has 1 saturated carbocycles. The number of hydrogen-bond donors (Lipinski definition) is 0. The van der Waals surface area contributed by atoms with Gasteiger partial charge in [-0.1, -0.05) is 56.9 Å². The number of benzene rings is 1. The molecule has 0 bridgehead atoms. The van der Waals surface area contributed by atoms with Gasteiger partial charge in [-0.15, -0.1) is 0 Å². The van der Waals surface area contributed by atoms with Crippen molar-refractivity contribution in [3.63, 3.8) is 0 Å². The van der Waals surface area contributed by atoms with Gasteiger partial charge in [-0.05, 0) is 30.2 Å². The summed E-state index contributed by atoms with van der Waals surface area (Å²) < 4.78 is 11.4. The Hall–Kier alpha value is -0.860. The van der Waals surface area contributed by atoms with Crippen LogP contribution in [-0.2, 0) is 15.9 Å². The SMILES string of the molecule is CCC1CCCC(Cc2ccccc2C2OCCO2)C1. The summed E-state index contributed by atoms with van der Waals surface area (Å²) in [6.45, 7) is 3.78. The zero-order valence-electron chi connectivity index (χ0n) is 12.5. The highest BCUT2D eigenvalue weighted by molar-refractivity contribution is 5.29. The van der Waals surface area contributed by atoms with Gasteiger partial charge >= 0.3 is 0 Å². The molecule has 1 aliphatic heterocycles. The molecule has 0 spiro atoms. The van der Waals surface area contributed by atoms with Crippen molar-refractivity contribution in [2.24, 2.45) is 11.8 Å². The molecular weight excluding hydrogens is 248 g/mol. The molecule has 1 saturated heterocycles. The van der Waals surface area contributed by atoms with Gasteiger partial charge in [0, 0.05) is 5.56 Å². The summed E-state index contributed by atoms with van der Waals surface area (Å²) in [7, 11) is 0. The van der Waals surface area contributed by atoms with Crippen molar-refractivity contribution >= 4 is 0 Å². The van der Waals surface area contributed by atoms with Gasteiger partial charge in [-0.25, -0.2) is 0 Å². The lowest BCUT2D eigenvalue weighted by Gasteiger charge is -2.29. The van der Waals surface area contributed by atoms with E-state index in [1.54, 1.807) is 0 Å². The maximum Gasteiger partial charge on any atom is 0.184 e. The van der Waals surface area contributed by atoms with Crippen LogP contribution in [0, 0.1) is 11.8 Å². The van der Waals surface area contributed by atoms with Crippen molar-refractivity contribution in [3.05, 3.63) is 35.4 Å². The molecule has 1 aromatic carbocycles. The Morgan fingerprint density at radius 2 is 1.80 bits per heavy atom. The Morgan fingerprint density at radius 1 is 1.05 bits per heavy atom.